The van der Waals surface area contributed by atoms with Crippen LogP contribution in [0.1, 0.15) is 55.7 Å². The molecule has 0 fully saturated rings. The normalized spacial score (nSPS) is 12.8. The molecule has 1 amide bonds. The molecule has 2 rings (SSSR count). The van der Waals surface area contributed by atoms with E-state index in [-0.39, 0.29) is 24.0 Å². The first kappa shape index (κ1) is 19.2. The van der Waals surface area contributed by atoms with Crippen molar-refractivity contribution in [2.24, 2.45) is 5.41 Å². The molecule has 0 saturated carbocycles. The summed E-state index contributed by atoms with van der Waals surface area (Å²) in [6.45, 7) is 8.88. The lowest BCUT2D eigenvalue weighted by atomic mass is 9.88. The van der Waals surface area contributed by atoms with Gasteiger partial charge in [-0.15, -0.1) is 0 Å². The van der Waals surface area contributed by atoms with Crippen molar-refractivity contribution in [3.63, 3.8) is 0 Å². The Kier molecular flexibility index (Phi) is 6.37. The van der Waals surface area contributed by atoms with Crippen LogP contribution >= 0.6 is 0 Å². The number of aliphatic hydroxyl groups excluding tert-OH is 1. The van der Waals surface area contributed by atoms with Crippen LogP contribution in [0.4, 0.5) is 0 Å². The maximum Gasteiger partial charge on any atom is 0.255 e. The minimum Gasteiger partial charge on any atom is -0.394 e. The van der Waals surface area contributed by atoms with Gasteiger partial charge >= 0.3 is 0 Å². The third-order valence-electron chi connectivity index (χ3n) is 4.12. The molecule has 25 heavy (non-hydrogen) atoms. The number of hydrogen-bond acceptors (Lipinski definition) is 3. The van der Waals surface area contributed by atoms with Gasteiger partial charge in [-0.2, -0.15) is 5.10 Å². The van der Waals surface area contributed by atoms with Crippen LogP contribution in [0.3, 0.4) is 0 Å². The summed E-state index contributed by atoms with van der Waals surface area (Å²) in [5.74, 6) is -0.167. The van der Waals surface area contributed by atoms with E-state index >= 15 is 0 Å². The van der Waals surface area contributed by atoms with Crippen molar-refractivity contribution in [3.05, 3.63) is 53.3 Å². The fourth-order valence-corrected chi connectivity index (χ4v) is 3.03. The topological polar surface area (TPSA) is 67.2 Å². The number of hydrogen-bond donors (Lipinski definition) is 2. The molecule has 1 aromatic carbocycles. The zero-order valence-electron chi connectivity index (χ0n) is 15.6. The molecule has 0 radical (unpaired) electrons. The van der Waals surface area contributed by atoms with Crippen LogP contribution in [-0.4, -0.2) is 33.4 Å². The van der Waals surface area contributed by atoms with Crippen molar-refractivity contribution in [2.75, 3.05) is 6.61 Å². The van der Waals surface area contributed by atoms with Gasteiger partial charge in [-0.1, -0.05) is 58.0 Å². The van der Waals surface area contributed by atoms with Crippen molar-refractivity contribution >= 4 is 5.91 Å². The van der Waals surface area contributed by atoms with E-state index in [0.717, 1.165) is 24.1 Å². The van der Waals surface area contributed by atoms with Crippen molar-refractivity contribution < 1.29 is 9.90 Å². The van der Waals surface area contributed by atoms with E-state index in [0.29, 0.717) is 12.1 Å². The number of benzene rings is 1. The Morgan fingerprint density at radius 1 is 1.28 bits per heavy atom. The SMILES string of the molecule is CCc1c(C(=O)NC(CO)CC(C)(C)C)cnn1Cc1ccccc1. The van der Waals surface area contributed by atoms with Crippen LogP contribution in [0, 0.1) is 5.41 Å². The van der Waals surface area contributed by atoms with Gasteiger partial charge in [0.1, 0.15) is 0 Å². The predicted octanol–water partition coefficient (Wildman–Crippen LogP) is 3.02. The standard InChI is InChI=1S/C20H29N3O2/c1-5-18-17(19(25)22-16(14-24)11-20(2,3)4)12-21-23(18)13-15-9-7-6-8-10-15/h6-10,12,16,24H,5,11,13-14H2,1-4H3,(H,22,25). The van der Waals surface area contributed by atoms with Gasteiger partial charge in [0.2, 0.25) is 0 Å². The Morgan fingerprint density at radius 3 is 2.52 bits per heavy atom. The molecule has 2 N–H and O–H groups in total. The molecule has 0 aliphatic carbocycles. The van der Waals surface area contributed by atoms with Crippen LogP contribution < -0.4 is 5.32 Å². The molecule has 2 aromatic rings. The van der Waals surface area contributed by atoms with Crippen LogP contribution in [0.5, 0.6) is 0 Å². The summed E-state index contributed by atoms with van der Waals surface area (Å²) in [5, 5.41) is 16.9. The number of aromatic nitrogens is 2. The summed E-state index contributed by atoms with van der Waals surface area (Å²) in [4.78, 5) is 12.7. The highest BCUT2D eigenvalue weighted by molar-refractivity contribution is 5.95. The third kappa shape index (κ3) is 5.43. The second kappa shape index (κ2) is 8.30. The fourth-order valence-electron chi connectivity index (χ4n) is 3.03. The summed E-state index contributed by atoms with van der Waals surface area (Å²) in [5.41, 5.74) is 2.68. The van der Waals surface area contributed by atoms with E-state index in [1.54, 1.807) is 6.20 Å². The molecule has 0 bridgehead atoms. The first-order chi connectivity index (χ1) is 11.8. The van der Waals surface area contributed by atoms with E-state index in [1.807, 2.05) is 41.9 Å². The Labute approximate surface area is 150 Å². The largest absolute Gasteiger partial charge is 0.394 e. The Bertz CT molecular complexity index is 687. The van der Waals surface area contributed by atoms with E-state index < -0.39 is 0 Å². The molecule has 0 saturated heterocycles. The first-order valence-electron chi connectivity index (χ1n) is 8.84. The van der Waals surface area contributed by atoms with Gasteiger partial charge in [-0.25, -0.2) is 0 Å². The van der Waals surface area contributed by atoms with E-state index in [9.17, 15) is 9.90 Å². The molecule has 1 aromatic heterocycles. The maximum absolute atomic E-state index is 12.7. The van der Waals surface area contributed by atoms with Gasteiger partial charge in [-0.05, 0) is 23.8 Å². The van der Waals surface area contributed by atoms with Crippen molar-refractivity contribution in [3.8, 4) is 0 Å². The molecule has 0 aliphatic heterocycles. The number of amides is 1. The van der Waals surface area contributed by atoms with Crippen molar-refractivity contribution in [1.29, 1.82) is 0 Å². The van der Waals surface area contributed by atoms with E-state index in [1.165, 1.54) is 0 Å². The fraction of sp³-hybridized carbons (Fsp3) is 0.500. The zero-order valence-corrected chi connectivity index (χ0v) is 15.6. The summed E-state index contributed by atoms with van der Waals surface area (Å²) >= 11 is 0. The average molecular weight is 343 g/mol. The monoisotopic (exact) mass is 343 g/mol. The molecule has 1 unspecified atom stereocenters. The van der Waals surface area contributed by atoms with Gasteiger partial charge in [0.05, 0.1) is 36.6 Å². The number of nitrogens with one attached hydrogen (secondary N) is 1. The first-order valence-corrected chi connectivity index (χ1v) is 8.84. The predicted molar refractivity (Wildman–Crippen MR) is 99.6 cm³/mol. The summed E-state index contributed by atoms with van der Waals surface area (Å²) < 4.78 is 1.88. The number of aliphatic hydroxyl groups is 1. The van der Waals surface area contributed by atoms with Gasteiger partial charge in [0.15, 0.2) is 0 Å². The Morgan fingerprint density at radius 2 is 1.96 bits per heavy atom. The second-order valence-corrected chi connectivity index (χ2v) is 7.62. The second-order valence-electron chi connectivity index (χ2n) is 7.62. The lowest BCUT2D eigenvalue weighted by Crippen LogP contribution is -2.40. The molecule has 5 nitrogen and oxygen atoms in total. The minimum absolute atomic E-state index is 0.0335. The lowest BCUT2D eigenvalue weighted by Gasteiger charge is -2.25. The Hall–Kier alpha value is -2.14. The van der Waals surface area contributed by atoms with Crippen LogP contribution in [-0.2, 0) is 13.0 Å². The van der Waals surface area contributed by atoms with E-state index in [4.69, 9.17) is 0 Å². The average Bonchev–Trinajstić information content (AvgIpc) is 2.96. The molecule has 0 spiro atoms. The van der Waals surface area contributed by atoms with Gasteiger partial charge in [0.25, 0.3) is 5.91 Å². The van der Waals surface area contributed by atoms with Crippen molar-refractivity contribution in [2.45, 2.75) is 53.1 Å². The number of carbonyl (C=O) groups is 1. The number of carbonyl (C=O) groups excluding carboxylic acids is 1. The van der Waals surface area contributed by atoms with Gasteiger partial charge in [-0.3, -0.25) is 9.48 Å². The van der Waals surface area contributed by atoms with Crippen molar-refractivity contribution in [1.82, 2.24) is 15.1 Å². The van der Waals surface area contributed by atoms with E-state index in [2.05, 4.69) is 31.2 Å². The molecule has 1 atom stereocenters. The van der Waals surface area contributed by atoms with Crippen LogP contribution in [0.15, 0.2) is 36.5 Å². The summed E-state index contributed by atoms with van der Waals surface area (Å²) in [7, 11) is 0. The van der Waals surface area contributed by atoms with Crippen LogP contribution in [0.25, 0.3) is 0 Å². The minimum atomic E-state index is -0.255. The van der Waals surface area contributed by atoms with Gasteiger partial charge in [0, 0.05) is 0 Å². The molecule has 5 heteroatoms. The number of nitrogens with zero attached hydrogens (tertiary/aromatic N) is 2. The maximum atomic E-state index is 12.7. The zero-order chi connectivity index (χ0) is 18.4. The summed E-state index contributed by atoms with van der Waals surface area (Å²) in [6.07, 6.45) is 3.07. The molecule has 0 aliphatic rings. The van der Waals surface area contributed by atoms with Crippen LogP contribution in [0.2, 0.25) is 0 Å². The highest BCUT2D eigenvalue weighted by Gasteiger charge is 2.23. The summed E-state index contributed by atoms with van der Waals surface area (Å²) in [6, 6.07) is 9.82. The Balaban J connectivity index is 2.14. The molecule has 1 heterocycles. The molecule has 136 valence electrons. The lowest BCUT2D eigenvalue weighted by molar-refractivity contribution is 0.0896. The smallest absolute Gasteiger partial charge is 0.255 e. The molecular formula is C20H29N3O2. The third-order valence-corrected chi connectivity index (χ3v) is 4.12. The molecular weight excluding hydrogens is 314 g/mol. The quantitative estimate of drug-likeness (QED) is 0.812. The van der Waals surface area contributed by atoms with Gasteiger partial charge < -0.3 is 10.4 Å². The number of rotatable bonds is 7. The highest BCUT2D eigenvalue weighted by Crippen LogP contribution is 2.21. The highest BCUT2D eigenvalue weighted by atomic mass is 16.3.